The minimum absolute atomic E-state index is 0. The molecule has 3 aliphatic heterocycles. The molecule has 5 heterocycles. The Morgan fingerprint density at radius 1 is 0.553 bits per heavy atom. The van der Waals surface area contributed by atoms with Gasteiger partial charge in [0.25, 0.3) is 0 Å². The van der Waals surface area contributed by atoms with Crippen molar-refractivity contribution in [3.05, 3.63) is 144 Å². The molecule has 4 aliphatic rings. The van der Waals surface area contributed by atoms with Crippen LogP contribution in [-0.2, 0) is 49.0 Å². The Balaban J connectivity index is -0.000000461. The third-order valence-electron chi connectivity index (χ3n) is 22.0. The number of guanidine groups is 1. The van der Waals surface area contributed by atoms with Crippen LogP contribution < -0.4 is 0 Å². The monoisotopic (exact) mass is 1950 g/mol. The first-order valence-electron chi connectivity index (χ1n) is 44.7. The molecule has 760 valence electrons. The van der Waals surface area contributed by atoms with E-state index in [0.717, 1.165) is 99.0 Å². The lowest BCUT2D eigenvalue weighted by atomic mass is 9.76. The first-order chi connectivity index (χ1) is 57.4. The van der Waals surface area contributed by atoms with Gasteiger partial charge in [-0.25, -0.2) is 23.2 Å². The number of aliphatic imine (C=N–C) groups is 1. The number of aliphatic hydroxyl groups is 2. The third kappa shape index (κ3) is 50.1. The molecule has 1 saturated carbocycles. The van der Waals surface area contributed by atoms with Gasteiger partial charge in [-0.15, -0.1) is 54.2 Å². The number of rotatable bonds is 21. The van der Waals surface area contributed by atoms with Gasteiger partial charge in [0.05, 0.1) is 268 Å². The smallest absolute Gasteiger partial charge is 0.460 e. The zero-order valence-electron chi connectivity index (χ0n) is 90.6. The number of aliphatic hydroxyl groups excluding tert-OH is 2. The molecule has 0 bridgehead atoms. The quantitative estimate of drug-likeness (QED) is 0.0150. The van der Waals surface area contributed by atoms with Crippen molar-refractivity contribution in [2.24, 2.45) is 10.4 Å². The highest BCUT2D eigenvalue weighted by Crippen LogP contribution is 2.46. The molecule has 132 heavy (non-hydrogen) atoms. The Kier molecular flexibility index (Phi) is 54.9. The molecule has 4 aromatic rings. The fourth-order valence-corrected chi connectivity index (χ4v) is 15.7. The maximum absolute atomic E-state index is 12.9. The van der Waals surface area contributed by atoms with E-state index in [1.54, 1.807) is 53.6 Å². The zero-order valence-corrected chi connectivity index (χ0v) is 93.9. The molecule has 2 aromatic carbocycles. The van der Waals surface area contributed by atoms with Crippen LogP contribution in [0, 0.1) is 5.41 Å². The molecule has 8 rings (SSSR count). The molecule has 3 unspecified atom stereocenters. The number of carbonyl (C=O) groups is 6. The number of nitrogens with zero attached hydrogens (tertiary/aromatic N) is 16. The maximum Gasteiger partial charge on any atom is 0.531 e. The minimum atomic E-state index is -0.798. The summed E-state index contributed by atoms with van der Waals surface area (Å²) >= 11 is 0. The summed E-state index contributed by atoms with van der Waals surface area (Å²) in [6, 6.07) is 27.3. The number of pyridine rings is 2. The first-order valence-corrected chi connectivity index (χ1v) is 44.7. The molecule has 3 amide bonds. The van der Waals surface area contributed by atoms with E-state index in [-0.39, 0.29) is 122 Å². The van der Waals surface area contributed by atoms with Crippen molar-refractivity contribution in [3.63, 3.8) is 0 Å². The molecule has 2 saturated heterocycles. The SMILES string of the molecule is CC(=O)OCC[N+](C)(C)C.CC(C(=O)OCC[N+](C)(C)C)(c1ccccc1)c1ccccc1.CC(C)(C[N+](C)(C)C)OC(=O)[N+](C)(C)C.CC1(C2=CN=C[N+]2(C)C)CCC(=O)C1.CC1(C[N+](C)(C)C)C[C@@H](O)C(C)(C)O1.CC1(c2cccnc2)CCC[N+]1(C)C.C[N+](C)(C)CCOC(=O)[N+](C)(C)C.C[N+](C)(CO)C(=O)c1cccnc1.C[N+](C)=C([N+](C)(C)C)[N+](C)(C)C.Cl.Cl.Cl.Cl. The lowest BCUT2D eigenvalue weighted by molar-refractivity contribution is -0.937. The Labute approximate surface area is 825 Å². The van der Waals surface area contributed by atoms with Crippen molar-refractivity contribution in [2.45, 2.75) is 135 Å². The predicted molar refractivity (Wildman–Crippen MR) is 547 cm³/mol. The Morgan fingerprint density at radius 2 is 0.985 bits per heavy atom. The molecule has 33 heteroatoms. The summed E-state index contributed by atoms with van der Waals surface area (Å²) in [7, 11) is 71.7. The van der Waals surface area contributed by atoms with E-state index in [0.29, 0.717) is 42.1 Å². The summed E-state index contributed by atoms with van der Waals surface area (Å²) in [5.74, 6) is 1.21. The van der Waals surface area contributed by atoms with Crippen molar-refractivity contribution in [3.8, 4) is 0 Å². The number of benzene rings is 2. The van der Waals surface area contributed by atoms with E-state index >= 15 is 0 Å². The van der Waals surface area contributed by atoms with Gasteiger partial charge in [0.15, 0.2) is 18.7 Å². The highest BCUT2D eigenvalue weighted by Gasteiger charge is 2.52. The fraction of sp³-hybridized carbons (Fsp3) is 0.677. The highest BCUT2D eigenvalue weighted by molar-refractivity contribution is 5.89. The average Bonchev–Trinajstić information content (AvgIpc) is 1.63. The summed E-state index contributed by atoms with van der Waals surface area (Å²) in [6.45, 7) is 24.5. The second kappa shape index (κ2) is 54.1. The largest absolute Gasteiger partial charge is 0.531 e. The number of hydrogen-bond acceptors (Lipinski definition) is 16. The van der Waals surface area contributed by atoms with Crippen LogP contribution in [-0.4, -0.2) is 462 Å². The van der Waals surface area contributed by atoms with Gasteiger partial charge in [-0.2, -0.15) is 18.6 Å². The summed E-state index contributed by atoms with van der Waals surface area (Å²) < 4.78 is 37.0. The molecule has 0 spiro atoms. The number of ether oxygens (including phenoxy) is 5. The summed E-state index contributed by atoms with van der Waals surface area (Å²) in [4.78, 5) is 81.5. The number of amides is 3. The lowest BCUT2D eigenvalue weighted by Crippen LogP contribution is -2.60. The van der Waals surface area contributed by atoms with E-state index in [4.69, 9.17) is 28.8 Å². The second-order valence-electron chi connectivity index (χ2n) is 47.1. The maximum atomic E-state index is 12.9. The Bertz CT molecular complexity index is 4130. The average molecular weight is 1960 g/mol. The van der Waals surface area contributed by atoms with E-state index in [2.05, 4.69) is 237 Å². The number of halogens is 4. The van der Waals surface area contributed by atoms with Gasteiger partial charge < -0.3 is 60.8 Å². The van der Waals surface area contributed by atoms with E-state index in [1.165, 1.54) is 49.7 Å². The Morgan fingerprint density at radius 3 is 1.29 bits per heavy atom. The topological polar surface area (TPSA) is 230 Å². The number of hydrogen-bond donors (Lipinski definition) is 2. The number of likely N-dealkylation sites (N-methyl/N-ethyl adjacent to an activating group) is 5. The van der Waals surface area contributed by atoms with E-state index < -0.39 is 16.6 Å². The van der Waals surface area contributed by atoms with Crippen LogP contribution in [0.4, 0.5) is 9.59 Å². The lowest BCUT2D eigenvalue weighted by Gasteiger charge is -2.41. The van der Waals surface area contributed by atoms with Gasteiger partial charge in [-0.1, -0.05) is 60.7 Å². The van der Waals surface area contributed by atoms with Crippen molar-refractivity contribution >= 4 is 97.7 Å². The molecular formula is C99H191Cl4N16O13+13. The second-order valence-corrected chi connectivity index (χ2v) is 47.1. The van der Waals surface area contributed by atoms with Crippen LogP contribution in [0.15, 0.2) is 127 Å². The third-order valence-corrected chi connectivity index (χ3v) is 22.0. The van der Waals surface area contributed by atoms with Crippen molar-refractivity contribution in [1.82, 2.24) is 9.97 Å². The number of quaternary nitrogens is 12. The van der Waals surface area contributed by atoms with Crippen LogP contribution >= 0.6 is 49.6 Å². The van der Waals surface area contributed by atoms with Crippen LogP contribution in [0.25, 0.3) is 0 Å². The summed E-state index contributed by atoms with van der Waals surface area (Å²) in [6.07, 6.45) is 15.8. The molecule has 29 nitrogen and oxygen atoms in total. The normalized spacial score (nSPS) is 19.0. The highest BCUT2D eigenvalue weighted by atomic mass is 35.5. The number of allylic oxidation sites excluding steroid dienone is 1. The number of likely N-dealkylation sites (tertiary alicyclic amines) is 1. The van der Waals surface area contributed by atoms with Crippen LogP contribution in [0.2, 0.25) is 0 Å². The molecular weight excluding hydrogens is 1760 g/mol. The van der Waals surface area contributed by atoms with Gasteiger partial charge in [-0.05, 0) is 97.2 Å². The van der Waals surface area contributed by atoms with Crippen LogP contribution in [0.1, 0.15) is 128 Å². The van der Waals surface area contributed by atoms with E-state index in [1.807, 2.05) is 147 Å². The molecule has 2 aromatic heterocycles. The van der Waals surface area contributed by atoms with Gasteiger partial charge in [0, 0.05) is 69.4 Å². The van der Waals surface area contributed by atoms with Crippen molar-refractivity contribution in [2.75, 3.05) is 312 Å². The molecule has 3 fully saturated rings. The molecule has 1 aliphatic carbocycles. The van der Waals surface area contributed by atoms with Gasteiger partial charge in [0.1, 0.15) is 94.7 Å². The standard InChI is InChI=1S/C20H26NO2.C12H19N2.C11H26N2O2.C11H17N2O.C11H24NO2.C9H24N3.C9H13N2O2.C9H22N2O2.C7H16NO2.4ClH/c1-20(17-11-7-5-8-12-17,18-13-9-6-10-14-18)19(22)23-16-15-21(2,3)4;1-12(7-5-9-14(12,2)3)11-6-4-8-13-10-11;1-11(2,9-12(3,4)5)15-10(14)13(6,7)8;1-11(5-4-9(14)6-11)10-7-12-8-13(10,2)3;1-10(2)9(13)7-11(3,14-10)8-12(4,5)6;1-10(2)9(11(3,4)5)12(6,7)8;1-11(2,7-12)9(13)8-4-3-5-10-6-8;1-10(2,3)7-8-13-9(12)11(4,5)6;1-7(9)10-6-5-8(2,3)4;;;;/h5-14H,15-16H2,1-4H3;4,6,8,10H,5,7,9H2,1-3H3;9H2,1-8H3;7-8H,4-6H2,1-3H3;9,13H,7-8H2,1-6H3;1-8H3;3-6,12H,7H2,1-2H3;7-8H2,1-6H3;5-6H2,1-4H3;4*1H/q2*+1;+2;2*+1;+3;+1;+2;+1;;;;/t;;;;9-,11?;;;;;;;;/m....1......../s1. The summed E-state index contributed by atoms with van der Waals surface area (Å²) in [5, 5.41) is 18.8. The van der Waals surface area contributed by atoms with Gasteiger partial charge in [-0.3, -0.25) is 28.8 Å². The fourth-order valence-electron chi connectivity index (χ4n) is 15.7. The number of aromatic nitrogens is 2. The van der Waals surface area contributed by atoms with Crippen molar-refractivity contribution in [1.29, 1.82) is 0 Å². The first kappa shape index (κ1) is 134. The minimum Gasteiger partial charge on any atom is -0.460 e. The molecule has 2 N–H and O–H groups in total. The Hall–Kier alpha value is -6.40. The van der Waals surface area contributed by atoms with Crippen molar-refractivity contribution < 1.29 is 121 Å². The van der Waals surface area contributed by atoms with Gasteiger partial charge in [0.2, 0.25) is 0 Å². The molecule has 0 radical (unpaired) electrons. The number of carbonyl (C=O) groups excluding carboxylic acids is 6. The van der Waals surface area contributed by atoms with Crippen LogP contribution in [0.5, 0.6) is 0 Å². The number of esters is 2. The van der Waals surface area contributed by atoms with Crippen LogP contribution in [0.3, 0.4) is 0 Å². The van der Waals surface area contributed by atoms with E-state index in [9.17, 15) is 33.9 Å². The molecule has 4 atom stereocenters. The summed E-state index contributed by atoms with van der Waals surface area (Å²) in [5.41, 5.74) is 3.53. The number of Topliss-reactive ketones (excluding diaryl/α,β-unsaturated/α-hetero) is 1. The number of ketones is 1. The van der Waals surface area contributed by atoms with Gasteiger partial charge >= 0.3 is 36.0 Å². The predicted octanol–water partition coefficient (Wildman–Crippen LogP) is 12.2. The zero-order chi connectivity index (χ0) is 100.